The second kappa shape index (κ2) is 7.20. The minimum absolute atomic E-state index is 0.130. The van der Waals surface area contributed by atoms with Gasteiger partial charge in [0.2, 0.25) is 0 Å². The Bertz CT molecular complexity index is 478. The molecule has 20 heavy (non-hydrogen) atoms. The van der Waals surface area contributed by atoms with Crippen molar-refractivity contribution in [2.45, 2.75) is 19.4 Å². The summed E-state index contributed by atoms with van der Waals surface area (Å²) in [6.45, 7) is 4.91. The standard InChI is InChI=1S/C15H20BrNO3/c1-3-12-9-17(6-7-20-12)10-14(18)11-4-5-15(19-2)13(16)8-11/h4-5,8,12H,3,6-7,9-10H2,1-2H3. The van der Waals surface area contributed by atoms with E-state index in [0.29, 0.717) is 18.7 Å². The minimum Gasteiger partial charge on any atom is -0.496 e. The Balaban J connectivity index is 1.99. The third kappa shape index (κ3) is 3.81. The number of methoxy groups -OCH3 is 1. The molecule has 1 aromatic carbocycles. The molecule has 0 amide bonds. The van der Waals surface area contributed by atoms with Crippen LogP contribution in [0, 0.1) is 0 Å². The van der Waals surface area contributed by atoms with Crippen molar-refractivity contribution in [2.75, 3.05) is 33.4 Å². The lowest BCUT2D eigenvalue weighted by Crippen LogP contribution is -2.44. The summed E-state index contributed by atoms with van der Waals surface area (Å²) < 4.78 is 11.6. The van der Waals surface area contributed by atoms with Crippen LogP contribution >= 0.6 is 15.9 Å². The lowest BCUT2D eigenvalue weighted by molar-refractivity contribution is -0.0271. The number of ether oxygens (including phenoxy) is 2. The second-order valence-electron chi connectivity index (χ2n) is 4.91. The predicted molar refractivity (Wildman–Crippen MR) is 81.5 cm³/mol. The fourth-order valence-corrected chi connectivity index (χ4v) is 2.85. The van der Waals surface area contributed by atoms with Crippen LogP contribution in [-0.2, 0) is 4.74 Å². The Morgan fingerprint density at radius 3 is 3.00 bits per heavy atom. The van der Waals surface area contributed by atoms with Gasteiger partial charge in [-0.05, 0) is 40.5 Å². The number of rotatable bonds is 5. The van der Waals surface area contributed by atoms with Crippen LogP contribution in [0.1, 0.15) is 23.7 Å². The molecule has 0 N–H and O–H groups in total. The maximum absolute atomic E-state index is 12.3. The summed E-state index contributed by atoms with van der Waals surface area (Å²) in [6.07, 6.45) is 1.23. The fraction of sp³-hybridized carbons (Fsp3) is 0.533. The zero-order chi connectivity index (χ0) is 14.5. The molecule has 5 heteroatoms. The van der Waals surface area contributed by atoms with Gasteiger partial charge in [-0.15, -0.1) is 0 Å². The molecule has 1 heterocycles. The highest BCUT2D eigenvalue weighted by Gasteiger charge is 2.21. The first-order chi connectivity index (χ1) is 9.63. The van der Waals surface area contributed by atoms with Crippen molar-refractivity contribution >= 4 is 21.7 Å². The summed E-state index contributed by atoms with van der Waals surface area (Å²) in [5.41, 5.74) is 0.706. The van der Waals surface area contributed by atoms with Gasteiger partial charge in [-0.2, -0.15) is 0 Å². The van der Waals surface area contributed by atoms with E-state index in [4.69, 9.17) is 9.47 Å². The van der Waals surface area contributed by atoms with Crippen LogP contribution in [-0.4, -0.2) is 50.1 Å². The van der Waals surface area contributed by atoms with Crippen LogP contribution in [0.4, 0.5) is 0 Å². The summed E-state index contributed by atoms with van der Waals surface area (Å²) in [5, 5.41) is 0. The number of ketones is 1. The first kappa shape index (κ1) is 15.5. The van der Waals surface area contributed by atoms with E-state index in [1.807, 2.05) is 18.2 Å². The summed E-state index contributed by atoms with van der Waals surface area (Å²) in [7, 11) is 1.61. The highest BCUT2D eigenvalue weighted by atomic mass is 79.9. The molecule has 1 saturated heterocycles. The molecule has 1 aliphatic heterocycles. The van der Waals surface area contributed by atoms with Crippen molar-refractivity contribution in [3.8, 4) is 5.75 Å². The molecule has 0 radical (unpaired) electrons. The van der Waals surface area contributed by atoms with Gasteiger partial charge in [0, 0.05) is 18.7 Å². The van der Waals surface area contributed by atoms with E-state index >= 15 is 0 Å². The number of halogens is 1. The van der Waals surface area contributed by atoms with Crippen molar-refractivity contribution in [3.05, 3.63) is 28.2 Å². The van der Waals surface area contributed by atoms with Crippen LogP contribution < -0.4 is 4.74 Å². The van der Waals surface area contributed by atoms with Gasteiger partial charge >= 0.3 is 0 Å². The van der Waals surface area contributed by atoms with Crippen molar-refractivity contribution in [1.82, 2.24) is 4.90 Å². The van der Waals surface area contributed by atoms with Crippen molar-refractivity contribution < 1.29 is 14.3 Å². The van der Waals surface area contributed by atoms with E-state index in [1.165, 1.54) is 0 Å². The third-order valence-electron chi connectivity index (χ3n) is 3.52. The average Bonchev–Trinajstić information content (AvgIpc) is 2.47. The molecular weight excluding hydrogens is 322 g/mol. The number of nitrogens with zero attached hydrogens (tertiary/aromatic N) is 1. The Labute approximate surface area is 128 Å². The number of carbonyl (C=O) groups is 1. The highest BCUT2D eigenvalue weighted by molar-refractivity contribution is 9.10. The van der Waals surface area contributed by atoms with Crippen molar-refractivity contribution in [1.29, 1.82) is 0 Å². The predicted octanol–water partition coefficient (Wildman–Crippen LogP) is 2.75. The van der Waals surface area contributed by atoms with E-state index in [0.717, 1.165) is 29.7 Å². The number of Topliss-reactive ketones (excluding diaryl/α,β-unsaturated/α-hetero) is 1. The zero-order valence-corrected chi connectivity index (χ0v) is 13.5. The van der Waals surface area contributed by atoms with Crippen molar-refractivity contribution in [3.63, 3.8) is 0 Å². The normalized spacial score (nSPS) is 19.9. The molecule has 1 atom stereocenters. The molecule has 0 aromatic heterocycles. The molecule has 0 aliphatic carbocycles. The Morgan fingerprint density at radius 1 is 1.55 bits per heavy atom. The van der Waals surface area contributed by atoms with E-state index in [9.17, 15) is 4.79 Å². The van der Waals surface area contributed by atoms with E-state index < -0.39 is 0 Å². The van der Waals surface area contributed by atoms with Gasteiger partial charge in [-0.25, -0.2) is 0 Å². The number of hydrogen-bond acceptors (Lipinski definition) is 4. The maximum Gasteiger partial charge on any atom is 0.176 e. The molecule has 1 unspecified atom stereocenters. The molecule has 4 nitrogen and oxygen atoms in total. The fourth-order valence-electron chi connectivity index (χ4n) is 2.31. The van der Waals surface area contributed by atoms with Gasteiger partial charge in [0.25, 0.3) is 0 Å². The number of benzene rings is 1. The minimum atomic E-state index is 0.130. The molecule has 1 fully saturated rings. The largest absolute Gasteiger partial charge is 0.496 e. The van der Waals surface area contributed by atoms with Crippen LogP contribution in [0.15, 0.2) is 22.7 Å². The maximum atomic E-state index is 12.3. The topological polar surface area (TPSA) is 38.8 Å². The van der Waals surface area contributed by atoms with E-state index in [1.54, 1.807) is 7.11 Å². The van der Waals surface area contributed by atoms with Gasteiger partial charge in [-0.1, -0.05) is 6.92 Å². The number of carbonyl (C=O) groups excluding carboxylic acids is 1. The molecular formula is C15H20BrNO3. The lowest BCUT2D eigenvalue weighted by atomic mass is 10.1. The summed E-state index contributed by atoms with van der Waals surface area (Å²) >= 11 is 3.41. The number of morpholine rings is 1. The zero-order valence-electron chi connectivity index (χ0n) is 11.9. The first-order valence-electron chi connectivity index (χ1n) is 6.84. The Morgan fingerprint density at radius 2 is 2.35 bits per heavy atom. The Hall–Kier alpha value is -0.910. The quantitative estimate of drug-likeness (QED) is 0.772. The monoisotopic (exact) mass is 341 g/mol. The average molecular weight is 342 g/mol. The summed E-state index contributed by atoms with van der Waals surface area (Å²) in [5.74, 6) is 0.865. The molecule has 0 bridgehead atoms. The third-order valence-corrected chi connectivity index (χ3v) is 4.14. The SMILES string of the molecule is CCC1CN(CC(=O)c2ccc(OC)c(Br)c2)CCO1. The summed E-state index contributed by atoms with van der Waals surface area (Å²) in [6, 6.07) is 5.44. The Kier molecular flexibility index (Phi) is 5.57. The van der Waals surface area contributed by atoms with E-state index in [-0.39, 0.29) is 11.9 Å². The number of hydrogen-bond donors (Lipinski definition) is 0. The lowest BCUT2D eigenvalue weighted by Gasteiger charge is -2.31. The van der Waals surface area contributed by atoms with Crippen LogP contribution in [0.25, 0.3) is 0 Å². The molecule has 2 rings (SSSR count). The molecule has 0 saturated carbocycles. The van der Waals surface area contributed by atoms with Crippen LogP contribution in [0.2, 0.25) is 0 Å². The molecule has 1 aliphatic rings. The van der Waals surface area contributed by atoms with Crippen LogP contribution in [0.5, 0.6) is 5.75 Å². The second-order valence-corrected chi connectivity index (χ2v) is 5.76. The van der Waals surface area contributed by atoms with Gasteiger partial charge < -0.3 is 9.47 Å². The van der Waals surface area contributed by atoms with Crippen molar-refractivity contribution in [2.24, 2.45) is 0 Å². The molecule has 1 aromatic rings. The molecule has 110 valence electrons. The smallest absolute Gasteiger partial charge is 0.176 e. The van der Waals surface area contributed by atoms with Gasteiger partial charge in [-0.3, -0.25) is 9.69 Å². The van der Waals surface area contributed by atoms with Gasteiger partial charge in [0.05, 0.1) is 30.8 Å². The molecule has 0 spiro atoms. The highest BCUT2D eigenvalue weighted by Crippen LogP contribution is 2.25. The summed E-state index contributed by atoms with van der Waals surface area (Å²) in [4.78, 5) is 14.5. The van der Waals surface area contributed by atoms with Gasteiger partial charge in [0.15, 0.2) is 5.78 Å². The first-order valence-corrected chi connectivity index (χ1v) is 7.64. The van der Waals surface area contributed by atoms with E-state index in [2.05, 4.69) is 27.8 Å². The van der Waals surface area contributed by atoms with Gasteiger partial charge in [0.1, 0.15) is 5.75 Å². The van der Waals surface area contributed by atoms with Crippen LogP contribution in [0.3, 0.4) is 0 Å².